The zero-order valence-corrected chi connectivity index (χ0v) is 16.2. The van der Waals surface area contributed by atoms with Gasteiger partial charge in [0.15, 0.2) is 11.5 Å². The van der Waals surface area contributed by atoms with Crippen LogP contribution in [-0.2, 0) is 6.54 Å². The lowest BCUT2D eigenvalue weighted by Gasteiger charge is -2.08. The van der Waals surface area contributed by atoms with Crippen molar-refractivity contribution in [3.8, 4) is 27.8 Å². The Kier molecular flexibility index (Phi) is 5.89. The fourth-order valence-electron chi connectivity index (χ4n) is 2.77. The van der Waals surface area contributed by atoms with Crippen LogP contribution in [0.3, 0.4) is 0 Å². The minimum absolute atomic E-state index is 0.249. The van der Waals surface area contributed by atoms with Crippen molar-refractivity contribution in [3.63, 3.8) is 0 Å². The van der Waals surface area contributed by atoms with Crippen molar-refractivity contribution in [2.24, 2.45) is 0 Å². The third-order valence-corrected chi connectivity index (χ3v) is 5.34. The van der Waals surface area contributed by atoms with Gasteiger partial charge >= 0.3 is 0 Å². The van der Waals surface area contributed by atoms with E-state index in [0.717, 1.165) is 27.6 Å². The summed E-state index contributed by atoms with van der Waals surface area (Å²) in [4.78, 5) is 17.2. The third kappa shape index (κ3) is 4.65. The van der Waals surface area contributed by atoms with E-state index in [2.05, 4.69) is 10.3 Å². The van der Waals surface area contributed by atoms with E-state index in [1.54, 1.807) is 17.7 Å². The first-order chi connectivity index (χ1) is 14.2. The zero-order chi connectivity index (χ0) is 20.1. The summed E-state index contributed by atoms with van der Waals surface area (Å²) in [6, 6.07) is 12.9. The average molecular weight is 413 g/mol. The van der Waals surface area contributed by atoms with Crippen LogP contribution in [0.4, 0.5) is 0 Å². The van der Waals surface area contributed by atoms with Crippen LogP contribution in [0.25, 0.3) is 10.6 Å². The van der Waals surface area contributed by atoms with Gasteiger partial charge in [-0.05, 0) is 35.9 Å². The Hall–Kier alpha value is -3.14. The number of carbonyl (C=O) groups is 1. The van der Waals surface area contributed by atoms with E-state index in [1.807, 2.05) is 36.4 Å². The van der Waals surface area contributed by atoms with E-state index < -0.39 is 5.91 Å². The molecule has 0 atom stereocenters. The van der Waals surface area contributed by atoms with Crippen LogP contribution < -0.4 is 25.0 Å². The van der Waals surface area contributed by atoms with Gasteiger partial charge in [0.2, 0.25) is 6.79 Å². The zero-order valence-electron chi connectivity index (χ0n) is 15.4. The summed E-state index contributed by atoms with van der Waals surface area (Å²) in [5, 5.41) is 12.0. The van der Waals surface area contributed by atoms with Gasteiger partial charge in [-0.25, -0.2) is 5.48 Å². The lowest BCUT2D eigenvalue weighted by Crippen LogP contribution is -2.20. The fourth-order valence-corrected chi connectivity index (χ4v) is 3.64. The van der Waals surface area contributed by atoms with Crippen LogP contribution in [0.1, 0.15) is 15.2 Å². The van der Waals surface area contributed by atoms with Gasteiger partial charge in [0, 0.05) is 25.4 Å². The number of rotatable bonds is 8. The number of benzene rings is 1. The molecule has 1 aliphatic rings. The van der Waals surface area contributed by atoms with Crippen molar-refractivity contribution in [1.29, 1.82) is 0 Å². The summed E-state index contributed by atoms with van der Waals surface area (Å²) in [7, 11) is 0. The molecule has 0 spiro atoms. The Morgan fingerprint density at radius 1 is 1.17 bits per heavy atom. The molecule has 0 unspecified atom stereocenters. The summed E-state index contributed by atoms with van der Waals surface area (Å²) in [5.41, 5.74) is 3.45. The molecule has 0 radical (unpaired) electrons. The van der Waals surface area contributed by atoms with Gasteiger partial charge in [-0.15, -0.1) is 11.3 Å². The molecule has 1 aliphatic heterocycles. The first kappa shape index (κ1) is 19.2. The Morgan fingerprint density at radius 2 is 2.07 bits per heavy atom. The molecule has 0 fully saturated rings. The number of aromatic nitrogens is 1. The van der Waals surface area contributed by atoms with E-state index in [1.165, 1.54) is 11.3 Å². The largest absolute Gasteiger partial charge is 0.492 e. The third-order valence-electron chi connectivity index (χ3n) is 4.23. The molecule has 0 aliphatic carbocycles. The molecule has 3 N–H and O–H groups in total. The molecule has 3 heterocycles. The van der Waals surface area contributed by atoms with Crippen LogP contribution in [0.5, 0.6) is 17.2 Å². The first-order valence-electron chi connectivity index (χ1n) is 8.95. The maximum atomic E-state index is 11.4. The Balaban J connectivity index is 1.22. The predicted octanol–water partition coefficient (Wildman–Crippen LogP) is 2.83. The van der Waals surface area contributed by atoms with E-state index in [0.29, 0.717) is 30.3 Å². The molecule has 1 aromatic carbocycles. The van der Waals surface area contributed by atoms with Crippen LogP contribution >= 0.6 is 11.3 Å². The molecule has 4 rings (SSSR count). The average Bonchev–Trinajstić information content (AvgIpc) is 3.43. The van der Waals surface area contributed by atoms with E-state index in [9.17, 15) is 4.79 Å². The van der Waals surface area contributed by atoms with E-state index in [-0.39, 0.29) is 6.79 Å². The van der Waals surface area contributed by atoms with Gasteiger partial charge in [0.25, 0.3) is 5.91 Å². The summed E-state index contributed by atoms with van der Waals surface area (Å²) < 4.78 is 16.3. The van der Waals surface area contributed by atoms with Gasteiger partial charge in [-0.1, -0.05) is 6.07 Å². The van der Waals surface area contributed by atoms with Gasteiger partial charge in [-0.3, -0.25) is 15.0 Å². The molecule has 150 valence electrons. The standard InChI is InChI=1S/C20H19N3O5S/c24-20(23-25)19-6-5-18(29-19)15-3-1-13(11-22-15)10-21-7-8-26-14-2-4-16-17(9-14)28-12-27-16/h1-6,9,11,21,25H,7-8,10,12H2,(H,23,24). The molecule has 1 amide bonds. The Bertz CT molecular complexity index is 990. The predicted molar refractivity (Wildman–Crippen MR) is 107 cm³/mol. The highest BCUT2D eigenvalue weighted by Gasteiger charge is 2.13. The number of amides is 1. The summed E-state index contributed by atoms with van der Waals surface area (Å²) in [5.74, 6) is 1.66. The van der Waals surface area contributed by atoms with E-state index >= 15 is 0 Å². The van der Waals surface area contributed by atoms with Crippen molar-refractivity contribution < 1.29 is 24.2 Å². The van der Waals surface area contributed by atoms with Crippen LogP contribution in [-0.4, -0.2) is 36.0 Å². The summed E-state index contributed by atoms with van der Waals surface area (Å²) >= 11 is 1.27. The number of nitrogens with zero attached hydrogens (tertiary/aromatic N) is 1. The van der Waals surface area contributed by atoms with Crippen LogP contribution in [0, 0.1) is 0 Å². The molecule has 8 nitrogen and oxygen atoms in total. The number of carbonyl (C=O) groups excluding carboxylic acids is 1. The summed E-state index contributed by atoms with van der Waals surface area (Å²) in [6.45, 7) is 2.12. The molecular formula is C20H19N3O5S. The second kappa shape index (κ2) is 8.91. The van der Waals surface area contributed by atoms with Gasteiger partial charge in [0.1, 0.15) is 12.4 Å². The maximum absolute atomic E-state index is 11.4. The topological polar surface area (TPSA) is 102 Å². The maximum Gasteiger partial charge on any atom is 0.284 e. The van der Waals surface area contributed by atoms with Crippen LogP contribution in [0.15, 0.2) is 48.7 Å². The van der Waals surface area contributed by atoms with Crippen molar-refractivity contribution >= 4 is 17.2 Å². The highest BCUT2D eigenvalue weighted by atomic mass is 32.1. The van der Waals surface area contributed by atoms with Crippen molar-refractivity contribution in [2.45, 2.75) is 6.54 Å². The van der Waals surface area contributed by atoms with Crippen molar-refractivity contribution in [2.75, 3.05) is 19.9 Å². The number of pyridine rings is 1. The molecule has 2 aromatic heterocycles. The molecule has 0 saturated heterocycles. The summed E-state index contributed by atoms with van der Waals surface area (Å²) in [6.07, 6.45) is 1.80. The Morgan fingerprint density at radius 3 is 2.90 bits per heavy atom. The number of hydroxylamine groups is 1. The molecule has 29 heavy (non-hydrogen) atoms. The quantitative estimate of drug-likeness (QED) is 0.296. The van der Waals surface area contributed by atoms with Crippen molar-refractivity contribution in [3.05, 3.63) is 59.1 Å². The highest BCUT2D eigenvalue weighted by Crippen LogP contribution is 2.35. The van der Waals surface area contributed by atoms with Gasteiger partial charge < -0.3 is 19.5 Å². The SMILES string of the molecule is O=C(NO)c1ccc(-c2ccc(CNCCOc3ccc4c(c3)OCO4)cn2)s1. The van der Waals surface area contributed by atoms with Crippen molar-refractivity contribution in [1.82, 2.24) is 15.8 Å². The lowest BCUT2D eigenvalue weighted by atomic mass is 10.2. The number of thiophene rings is 1. The van der Waals surface area contributed by atoms with Gasteiger partial charge in [0.05, 0.1) is 15.4 Å². The number of hydrogen-bond acceptors (Lipinski definition) is 8. The number of fused-ring (bicyclic) bond motifs is 1. The normalized spacial score (nSPS) is 12.0. The minimum Gasteiger partial charge on any atom is -0.492 e. The molecular weight excluding hydrogens is 394 g/mol. The number of ether oxygens (including phenoxy) is 3. The monoisotopic (exact) mass is 413 g/mol. The molecule has 0 saturated carbocycles. The molecule has 0 bridgehead atoms. The second-order valence-corrected chi connectivity index (χ2v) is 7.28. The Labute approximate surface area is 171 Å². The second-order valence-electron chi connectivity index (χ2n) is 6.20. The van der Waals surface area contributed by atoms with E-state index in [4.69, 9.17) is 19.4 Å². The first-order valence-corrected chi connectivity index (χ1v) is 9.77. The minimum atomic E-state index is -0.523. The molecule has 9 heteroatoms. The smallest absolute Gasteiger partial charge is 0.284 e. The van der Waals surface area contributed by atoms with Gasteiger partial charge in [-0.2, -0.15) is 0 Å². The highest BCUT2D eigenvalue weighted by molar-refractivity contribution is 7.17. The lowest BCUT2D eigenvalue weighted by molar-refractivity contribution is 0.0711. The number of nitrogens with one attached hydrogen (secondary N) is 2. The molecule has 3 aromatic rings. The fraction of sp³-hybridized carbons (Fsp3) is 0.200. The van der Waals surface area contributed by atoms with Crippen LogP contribution in [0.2, 0.25) is 0 Å². The number of hydrogen-bond donors (Lipinski definition) is 3.